The van der Waals surface area contributed by atoms with E-state index in [1.54, 1.807) is 12.1 Å². The number of benzene rings is 2. The van der Waals surface area contributed by atoms with Crippen molar-refractivity contribution in [3.63, 3.8) is 0 Å². The minimum absolute atomic E-state index is 0.0232. The molecule has 0 spiro atoms. The van der Waals surface area contributed by atoms with Crippen molar-refractivity contribution in [2.75, 3.05) is 32.1 Å². The third-order valence-corrected chi connectivity index (χ3v) is 7.32. The van der Waals surface area contributed by atoms with Crippen molar-refractivity contribution < 1.29 is 13.2 Å². The number of hydrogen-bond donors (Lipinski definition) is 1. The molecule has 0 atom stereocenters. The van der Waals surface area contributed by atoms with Crippen LogP contribution in [0.2, 0.25) is 0 Å². The zero-order valence-corrected chi connectivity index (χ0v) is 18.1. The second-order valence-corrected chi connectivity index (χ2v) is 9.53. The number of nitrogens with zero attached hydrogens (tertiary/aromatic N) is 2. The van der Waals surface area contributed by atoms with Crippen molar-refractivity contribution in [1.82, 2.24) is 9.62 Å². The highest BCUT2D eigenvalue weighted by Gasteiger charge is 2.30. The predicted molar refractivity (Wildman–Crippen MR) is 116 cm³/mol. The van der Waals surface area contributed by atoms with Crippen LogP contribution in [0.1, 0.15) is 35.7 Å². The normalized spacial score (nSPS) is 15.8. The third kappa shape index (κ3) is 4.97. The molecular formula is C22H29N3O3S. The van der Waals surface area contributed by atoms with Crippen molar-refractivity contribution in [3.05, 3.63) is 59.7 Å². The van der Waals surface area contributed by atoms with Gasteiger partial charge in [-0.3, -0.25) is 4.79 Å². The van der Waals surface area contributed by atoms with Crippen LogP contribution in [0.5, 0.6) is 0 Å². The number of carbonyl (C=O) groups excluding carboxylic acids is 1. The largest absolute Gasteiger partial charge is 0.378 e. The van der Waals surface area contributed by atoms with Crippen LogP contribution in [0.3, 0.4) is 0 Å². The van der Waals surface area contributed by atoms with E-state index in [2.05, 4.69) is 5.32 Å². The molecule has 1 amide bonds. The van der Waals surface area contributed by atoms with Crippen molar-refractivity contribution in [3.8, 4) is 0 Å². The van der Waals surface area contributed by atoms with Gasteiger partial charge < -0.3 is 10.2 Å². The molecule has 1 saturated heterocycles. The number of rotatable bonds is 6. The van der Waals surface area contributed by atoms with Crippen LogP contribution in [0.4, 0.5) is 5.69 Å². The lowest BCUT2D eigenvalue weighted by Gasteiger charge is -2.31. The first-order valence-corrected chi connectivity index (χ1v) is 11.4. The summed E-state index contributed by atoms with van der Waals surface area (Å²) in [5.41, 5.74) is 2.76. The fourth-order valence-electron chi connectivity index (χ4n) is 3.47. The molecule has 0 radical (unpaired) electrons. The van der Waals surface area contributed by atoms with Crippen LogP contribution in [0.25, 0.3) is 0 Å². The van der Waals surface area contributed by atoms with Crippen LogP contribution in [-0.4, -0.2) is 51.9 Å². The molecule has 29 heavy (non-hydrogen) atoms. The third-order valence-electron chi connectivity index (χ3n) is 5.40. The van der Waals surface area contributed by atoms with Gasteiger partial charge in [0.15, 0.2) is 0 Å². The molecule has 1 aliphatic rings. The van der Waals surface area contributed by atoms with E-state index in [0.717, 1.165) is 17.7 Å². The Kier molecular flexibility index (Phi) is 6.59. The molecule has 2 aromatic rings. The molecular weight excluding hydrogens is 386 g/mol. The molecule has 0 aliphatic carbocycles. The highest BCUT2D eigenvalue weighted by atomic mass is 32.2. The van der Waals surface area contributed by atoms with Crippen molar-refractivity contribution in [2.24, 2.45) is 0 Å². The first kappa shape index (κ1) is 21.3. The molecule has 0 bridgehead atoms. The van der Waals surface area contributed by atoms with Crippen LogP contribution in [0.15, 0.2) is 53.4 Å². The van der Waals surface area contributed by atoms with E-state index >= 15 is 0 Å². The average Bonchev–Trinajstić information content (AvgIpc) is 2.74. The number of nitrogens with one attached hydrogen (secondary N) is 1. The lowest BCUT2D eigenvalue weighted by atomic mass is 10.1. The first-order chi connectivity index (χ1) is 13.8. The fourth-order valence-corrected chi connectivity index (χ4v) is 4.94. The van der Waals surface area contributed by atoms with Crippen molar-refractivity contribution >= 4 is 21.6 Å². The maximum atomic E-state index is 12.9. The van der Waals surface area contributed by atoms with E-state index in [0.29, 0.717) is 36.4 Å². The summed E-state index contributed by atoms with van der Waals surface area (Å²) in [6, 6.07) is 14.5. The Balaban J connectivity index is 1.57. The van der Waals surface area contributed by atoms with Gasteiger partial charge in [0.05, 0.1) is 4.90 Å². The SMILES string of the molecule is CCc1ccc(S(=O)(=O)N2CCC(NC(=O)c3ccc(N(C)C)cc3)CC2)cc1. The summed E-state index contributed by atoms with van der Waals surface area (Å²) in [7, 11) is 0.419. The van der Waals surface area contributed by atoms with Gasteiger partial charge in [-0.15, -0.1) is 0 Å². The van der Waals surface area contributed by atoms with Crippen LogP contribution in [-0.2, 0) is 16.4 Å². The molecule has 1 aliphatic heterocycles. The number of carbonyl (C=O) groups is 1. The molecule has 0 saturated carbocycles. The van der Waals surface area contributed by atoms with Gasteiger partial charge in [0.1, 0.15) is 0 Å². The molecule has 156 valence electrons. The Morgan fingerprint density at radius 1 is 1.03 bits per heavy atom. The highest BCUT2D eigenvalue weighted by molar-refractivity contribution is 7.89. The van der Waals surface area contributed by atoms with Crippen molar-refractivity contribution in [1.29, 1.82) is 0 Å². The first-order valence-electron chi connectivity index (χ1n) is 9.98. The van der Waals surface area contributed by atoms with E-state index in [-0.39, 0.29) is 11.9 Å². The van der Waals surface area contributed by atoms with Gasteiger partial charge in [0.25, 0.3) is 5.91 Å². The number of anilines is 1. The lowest BCUT2D eigenvalue weighted by molar-refractivity contribution is 0.0924. The van der Waals surface area contributed by atoms with Crippen molar-refractivity contribution in [2.45, 2.75) is 37.1 Å². The summed E-state index contributed by atoms with van der Waals surface area (Å²) in [6.45, 7) is 2.85. The summed E-state index contributed by atoms with van der Waals surface area (Å²) in [5.74, 6) is -0.119. The molecule has 0 unspecified atom stereocenters. The van der Waals surface area contributed by atoms with Gasteiger partial charge in [-0.2, -0.15) is 4.31 Å². The Labute approximate surface area is 173 Å². The second-order valence-electron chi connectivity index (χ2n) is 7.59. The zero-order chi connectivity index (χ0) is 21.0. The maximum absolute atomic E-state index is 12.9. The van der Waals surface area contributed by atoms with Gasteiger partial charge >= 0.3 is 0 Å². The molecule has 1 N–H and O–H groups in total. The van der Waals surface area contributed by atoms with E-state index in [1.165, 1.54) is 4.31 Å². The number of sulfonamides is 1. The fraction of sp³-hybridized carbons (Fsp3) is 0.409. The minimum Gasteiger partial charge on any atom is -0.378 e. The van der Waals surface area contributed by atoms with E-state index in [4.69, 9.17) is 0 Å². The number of hydrogen-bond acceptors (Lipinski definition) is 4. The van der Waals surface area contributed by atoms with Gasteiger partial charge in [-0.1, -0.05) is 19.1 Å². The summed E-state index contributed by atoms with van der Waals surface area (Å²) >= 11 is 0. The Morgan fingerprint density at radius 3 is 2.14 bits per heavy atom. The molecule has 6 nitrogen and oxygen atoms in total. The Bertz CT molecular complexity index is 930. The van der Waals surface area contributed by atoms with Crippen LogP contribution < -0.4 is 10.2 Å². The van der Waals surface area contributed by atoms with Gasteiger partial charge in [-0.05, 0) is 61.2 Å². The molecule has 1 fully saturated rings. The maximum Gasteiger partial charge on any atom is 0.251 e. The number of piperidine rings is 1. The second kappa shape index (κ2) is 8.97. The highest BCUT2D eigenvalue weighted by Crippen LogP contribution is 2.22. The van der Waals surface area contributed by atoms with E-state index in [1.807, 2.05) is 62.3 Å². The van der Waals surface area contributed by atoms with Gasteiger partial charge in [-0.25, -0.2) is 8.42 Å². The zero-order valence-electron chi connectivity index (χ0n) is 17.3. The number of aryl methyl sites for hydroxylation is 1. The molecule has 2 aromatic carbocycles. The van der Waals surface area contributed by atoms with Crippen LogP contribution >= 0.6 is 0 Å². The molecule has 7 heteroatoms. The predicted octanol–water partition coefficient (Wildman–Crippen LogP) is 2.90. The number of amides is 1. The average molecular weight is 416 g/mol. The van der Waals surface area contributed by atoms with Gasteiger partial charge in [0.2, 0.25) is 10.0 Å². The van der Waals surface area contributed by atoms with Crippen LogP contribution in [0, 0.1) is 0 Å². The molecule has 1 heterocycles. The molecule has 0 aromatic heterocycles. The van der Waals surface area contributed by atoms with E-state index in [9.17, 15) is 13.2 Å². The Hall–Kier alpha value is -2.38. The smallest absolute Gasteiger partial charge is 0.251 e. The summed E-state index contributed by atoms with van der Waals surface area (Å²) < 4.78 is 27.2. The minimum atomic E-state index is -3.49. The summed E-state index contributed by atoms with van der Waals surface area (Å²) in [5, 5.41) is 3.04. The van der Waals surface area contributed by atoms with E-state index < -0.39 is 10.0 Å². The summed E-state index contributed by atoms with van der Waals surface area (Å²) in [6.07, 6.45) is 2.09. The summed E-state index contributed by atoms with van der Waals surface area (Å²) in [4.78, 5) is 14.8. The van der Waals surface area contributed by atoms with Gasteiger partial charge in [0, 0.05) is 44.5 Å². The monoisotopic (exact) mass is 415 g/mol. The molecule has 3 rings (SSSR count). The Morgan fingerprint density at radius 2 is 1.62 bits per heavy atom. The topological polar surface area (TPSA) is 69.7 Å². The lowest BCUT2D eigenvalue weighted by Crippen LogP contribution is -2.46. The standard InChI is InChI=1S/C22H29N3O3S/c1-4-17-5-11-21(12-6-17)29(27,28)25-15-13-19(14-16-25)23-22(26)18-7-9-20(10-8-18)24(2)3/h5-12,19H,4,13-16H2,1-3H3,(H,23,26). The quantitative estimate of drug-likeness (QED) is 0.788.